The van der Waals surface area contributed by atoms with Crippen molar-refractivity contribution < 1.29 is 4.42 Å². The molecule has 4 aromatic heterocycles. The molecule has 5 nitrogen and oxygen atoms in total. The second kappa shape index (κ2) is 12.6. The van der Waals surface area contributed by atoms with Gasteiger partial charge in [-0.05, 0) is 71.8 Å². The third kappa shape index (κ3) is 5.12. The van der Waals surface area contributed by atoms with E-state index in [1.807, 2.05) is 78.1 Å². The minimum Gasteiger partial charge on any atom is -0.455 e. The maximum absolute atomic E-state index is 6.78. The number of benzene rings is 8. The lowest BCUT2D eigenvalue weighted by Crippen LogP contribution is -2.00. The monoisotopic (exact) mass is 746 g/mol. The van der Waals surface area contributed by atoms with E-state index < -0.39 is 0 Å². The second-order valence-electron chi connectivity index (χ2n) is 14.4. The number of hydrogen-bond acceptors (Lipinski definition) is 5. The molecule has 0 unspecified atom stereocenters. The predicted molar refractivity (Wildman–Crippen MR) is 236 cm³/mol. The maximum atomic E-state index is 6.78. The van der Waals surface area contributed by atoms with Crippen molar-refractivity contribution in [3.63, 3.8) is 0 Å². The Morgan fingerprint density at radius 1 is 0.386 bits per heavy atom. The zero-order valence-electron chi connectivity index (χ0n) is 30.4. The van der Waals surface area contributed by atoms with Gasteiger partial charge in [0.05, 0.1) is 16.6 Å². The maximum Gasteiger partial charge on any atom is 0.167 e. The van der Waals surface area contributed by atoms with Crippen molar-refractivity contribution in [2.45, 2.75) is 0 Å². The van der Waals surface area contributed by atoms with Crippen LogP contribution in [0.2, 0.25) is 0 Å². The minimum absolute atomic E-state index is 0.570. The van der Waals surface area contributed by atoms with E-state index in [2.05, 4.69) is 120 Å². The Morgan fingerprint density at radius 3 is 1.79 bits per heavy atom. The van der Waals surface area contributed by atoms with Crippen LogP contribution in [-0.4, -0.2) is 19.5 Å². The number of aromatic nitrogens is 4. The van der Waals surface area contributed by atoms with Crippen molar-refractivity contribution in [2.75, 3.05) is 0 Å². The summed E-state index contributed by atoms with van der Waals surface area (Å²) in [6.45, 7) is 0. The highest BCUT2D eigenvalue weighted by Gasteiger charge is 2.20. The van der Waals surface area contributed by atoms with Crippen molar-refractivity contribution in [3.05, 3.63) is 182 Å². The van der Waals surface area contributed by atoms with Gasteiger partial charge in [-0.1, -0.05) is 121 Å². The summed E-state index contributed by atoms with van der Waals surface area (Å²) < 4.78 is 11.8. The molecule has 57 heavy (non-hydrogen) atoms. The number of rotatable bonds is 5. The van der Waals surface area contributed by atoms with Gasteiger partial charge in [0.1, 0.15) is 11.2 Å². The van der Waals surface area contributed by atoms with Crippen LogP contribution in [0.25, 0.3) is 115 Å². The van der Waals surface area contributed by atoms with Crippen LogP contribution in [-0.2, 0) is 0 Å². The molecule has 12 aromatic rings. The van der Waals surface area contributed by atoms with Crippen molar-refractivity contribution in [2.24, 2.45) is 0 Å². The predicted octanol–water partition coefficient (Wildman–Crippen LogP) is 13.9. The van der Waals surface area contributed by atoms with E-state index >= 15 is 0 Å². The number of nitrogens with zero attached hydrogens (tertiary/aromatic N) is 4. The third-order valence-corrected chi connectivity index (χ3v) is 12.2. The van der Waals surface area contributed by atoms with Crippen molar-refractivity contribution in [3.8, 4) is 51.0 Å². The minimum atomic E-state index is 0.570. The summed E-state index contributed by atoms with van der Waals surface area (Å²) in [5.41, 5.74) is 9.99. The summed E-state index contributed by atoms with van der Waals surface area (Å²) in [5, 5.41) is 7.12. The molecule has 0 atom stereocenters. The zero-order chi connectivity index (χ0) is 37.5. The molecule has 0 fully saturated rings. The molecule has 12 rings (SSSR count). The number of hydrogen-bond donors (Lipinski definition) is 0. The molecule has 0 radical (unpaired) electrons. The summed E-state index contributed by atoms with van der Waals surface area (Å²) in [6.07, 6.45) is 0. The smallest absolute Gasteiger partial charge is 0.167 e. The van der Waals surface area contributed by atoms with Gasteiger partial charge in [-0.15, -0.1) is 11.3 Å². The highest BCUT2D eigenvalue weighted by Crippen LogP contribution is 2.43. The fourth-order valence-electron chi connectivity index (χ4n) is 8.35. The zero-order valence-corrected chi connectivity index (χ0v) is 31.2. The highest BCUT2D eigenvalue weighted by atomic mass is 32.1. The van der Waals surface area contributed by atoms with Gasteiger partial charge in [-0.3, -0.25) is 0 Å². The van der Waals surface area contributed by atoms with E-state index in [1.54, 1.807) is 0 Å². The van der Waals surface area contributed by atoms with Crippen LogP contribution in [0, 0.1) is 0 Å². The molecule has 0 N–H and O–H groups in total. The van der Waals surface area contributed by atoms with Gasteiger partial charge in [0.15, 0.2) is 17.5 Å². The first kappa shape index (κ1) is 31.9. The summed E-state index contributed by atoms with van der Waals surface area (Å²) in [5.74, 6) is 1.81. The van der Waals surface area contributed by atoms with Crippen molar-refractivity contribution in [1.29, 1.82) is 0 Å². The SMILES string of the molecule is c1ccc(-c2nc(-c3ccccc3)nc(-c3cccc4c3oc3cc(-c5ccc6c(c5)c5cc7sc8ccccc8c7cc5n6-c5ccccc5)ccc34)n2)cc1. The van der Waals surface area contributed by atoms with Crippen molar-refractivity contribution >= 4 is 75.3 Å². The molecule has 0 saturated carbocycles. The number of furan rings is 1. The van der Waals surface area contributed by atoms with Crippen LogP contribution < -0.4 is 0 Å². The number of thiophene rings is 1. The Balaban J connectivity index is 1.02. The van der Waals surface area contributed by atoms with Gasteiger partial charge < -0.3 is 8.98 Å². The quantitative estimate of drug-likeness (QED) is 0.176. The standard InChI is InChI=1S/C51H30N4OS/c1-4-13-31(14-5-1)49-52-50(32-15-6-2-7-16-32)54-51(53-49)39-21-12-20-38-36-25-23-34(28-45(36)56-48(38)39)33-24-26-43-40(27-33)41-30-47-42(37-19-10-11-22-46(37)57-47)29-44(41)55(43)35-17-8-3-9-18-35/h1-30H. The van der Waals surface area contributed by atoms with Crippen LogP contribution in [0.15, 0.2) is 186 Å². The van der Waals surface area contributed by atoms with Crippen LogP contribution in [0.4, 0.5) is 0 Å². The summed E-state index contributed by atoms with van der Waals surface area (Å²) in [7, 11) is 0. The highest BCUT2D eigenvalue weighted by molar-refractivity contribution is 7.25. The largest absolute Gasteiger partial charge is 0.455 e. The first-order valence-corrected chi connectivity index (χ1v) is 19.8. The van der Waals surface area contributed by atoms with Crippen LogP contribution in [0.3, 0.4) is 0 Å². The molecule has 4 heterocycles. The Kier molecular flexibility index (Phi) is 7.03. The Labute approximate surface area is 330 Å². The first-order valence-electron chi connectivity index (χ1n) is 19.0. The van der Waals surface area contributed by atoms with Gasteiger partial charge >= 0.3 is 0 Å². The summed E-state index contributed by atoms with van der Waals surface area (Å²) >= 11 is 1.86. The average Bonchev–Trinajstić information content (AvgIpc) is 3.95. The molecule has 6 heteroatoms. The normalized spacial score (nSPS) is 11.9. The Morgan fingerprint density at radius 2 is 1.02 bits per heavy atom. The van der Waals surface area contributed by atoms with Gasteiger partial charge in [-0.25, -0.2) is 15.0 Å². The van der Waals surface area contributed by atoms with E-state index in [0.29, 0.717) is 17.5 Å². The average molecular weight is 747 g/mol. The molecule has 0 saturated heterocycles. The fraction of sp³-hybridized carbons (Fsp3) is 0. The van der Waals surface area contributed by atoms with E-state index in [1.165, 1.54) is 42.0 Å². The summed E-state index contributed by atoms with van der Waals surface area (Å²) in [4.78, 5) is 14.9. The molecule has 0 spiro atoms. The molecule has 266 valence electrons. The topological polar surface area (TPSA) is 56.7 Å². The fourth-order valence-corrected chi connectivity index (χ4v) is 9.48. The molecule has 0 aliphatic carbocycles. The molecule has 0 aliphatic rings. The molecular formula is C51H30N4OS. The lowest BCUT2D eigenvalue weighted by atomic mass is 10.0. The van der Waals surface area contributed by atoms with E-state index in [0.717, 1.165) is 55.4 Å². The van der Waals surface area contributed by atoms with Gasteiger partial charge in [0.25, 0.3) is 0 Å². The summed E-state index contributed by atoms with van der Waals surface area (Å²) in [6, 6.07) is 63.8. The Hall–Kier alpha value is -7.41. The van der Waals surface area contributed by atoms with Crippen molar-refractivity contribution in [1.82, 2.24) is 19.5 Å². The molecule has 0 aliphatic heterocycles. The van der Waals surface area contributed by atoms with Crippen LogP contribution >= 0.6 is 11.3 Å². The number of para-hydroxylation sites is 2. The van der Waals surface area contributed by atoms with Gasteiger partial charge in [0, 0.05) is 58.5 Å². The van der Waals surface area contributed by atoms with E-state index in [9.17, 15) is 0 Å². The molecule has 8 aromatic carbocycles. The number of fused-ring (bicyclic) bond motifs is 9. The molecule has 0 amide bonds. The Bertz CT molecular complexity index is 3460. The van der Waals surface area contributed by atoms with E-state index in [-0.39, 0.29) is 0 Å². The second-order valence-corrected chi connectivity index (χ2v) is 15.5. The molecule has 0 bridgehead atoms. The molecular weight excluding hydrogens is 717 g/mol. The van der Waals surface area contributed by atoms with Gasteiger partial charge in [0.2, 0.25) is 0 Å². The lowest BCUT2D eigenvalue weighted by Gasteiger charge is -2.08. The van der Waals surface area contributed by atoms with Crippen LogP contribution in [0.1, 0.15) is 0 Å². The third-order valence-electron chi connectivity index (χ3n) is 11.1. The first-order chi connectivity index (χ1) is 28.2. The van der Waals surface area contributed by atoms with E-state index in [4.69, 9.17) is 19.4 Å². The van der Waals surface area contributed by atoms with Gasteiger partial charge in [-0.2, -0.15) is 0 Å². The van der Waals surface area contributed by atoms with Crippen LogP contribution in [0.5, 0.6) is 0 Å². The lowest BCUT2D eigenvalue weighted by molar-refractivity contribution is 0.669.